The molecule has 3 aromatic rings. The Hall–Kier alpha value is -2.49. The Kier molecular flexibility index (Phi) is 3.81. The molecule has 0 aliphatic heterocycles. The van der Waals surface area contributed by atoms with Gasteiger partial charge >= 0.3 is 0 Å². The van der Waals surface area contributed by atoms with Crippen LogP contribution < -0.4 is 0 Å². The van der Waals surface area contributed by atoms with Crippen LogP contribution in [0.2, 0.25) is 0 Å². The van der Waals surface area contributed by atoms with Crippen molar-refractivity contribution in [2.45, 2.75) is 0 Å². The standard InChI is InChI=1S/C12H8N2.C2H4O2/c1-2-6-10-9(5-1)13-11-7-3-4-8-12(11)14-10;1-4-2-3/h1-8H;2H,1H3. The zero-order chi connectivity index (χ0) is 12.8. The molecule has 3 rings (SSSR count). The summed E-state index contributed by atoms with van der Waals surface area (Å²) in [4.78, 5) is 18.0. The summed E-state index contributed by atoms with van der Waals surface area (Å²) in [5.74, 6) is 0. The van der Waals surface area contributed by atoms with E-state index < -0.39 is 0 Å². The second-order valence-electron chi connectivity index (χ2n) is 3.53. The summed E-state index contributed by atoms with van der Waals surface area (Å²) >= 11 is 0. The van der Waals surface area contributed by atoms with Gasteiger partial charge in [0.2, 0.25) is 0 Å². The molecule has 0 saturated heterocycles. The lowest BCUT2D eigenvalue weighted by atomic mass is 10.2. The molecule has 90 valence electrons. The van der Waals surface area contributed by atoms with Gasteiger partial charge in [0.05, 0.1) is 29.2 Å². The number of carbonyl (C=O) groups excluding carboxylic acids is 1. The maximum atomic E-state index is 8.95. The highest BCUT2D eigenvalue weighted by Crippen LogP contribution is 2.14. The third-order valence-electron chi connectivity index (χ3n) is 2.34. The summed E-state index contributed by atoms with van der Waals surface area (Å²) in [6.07, 6.45) is 0. The molecule has 0 aliphatic carbocycles. The van der Waals surface area contributed by atoms with Crippen molar-refractivity contribution in [3.05, 3.63) is 48.5 Å². The molecule has 1 heterocycles. The fraction of sp³-hybridized carbons (Fsp3) is 0.0714. The molecule has 0 fully saturated rings. The first-order valence-electron chi connectivity index (χ1n) is 5.43. The Bertz CT molecular complexity index is 563. The van der Waals surface area contributed by atoms with Crippen molar-refractivity contribution in [3.8, 4) is 0 Å². The molecule has 0 radical (unpaired) electrons. The van der Waals surface area contributed by atoms with Crippen molar-refractivity contribution in [3.63, 3.8) is 0 Å². The van der Waals surface area contributed by atoms with Gasteiger partial charge in [0.25, 0.3) is 6.47 Å². The van der Waals surface area contributed by atoms with E-state index in [0.717, 1.165) is 22.1 Å². The van der Waals surface area contributed by atoms with Gasteiger partial charge in [-0.25, -0.2) is 9.97 Å². The van der Waals surface area contributed by atoms with Crippen LogP contribution in [-0.4, -0.2) is 23.5 Å². The molecule has 18 heavy (non-hydrogen) atoms. The van der Waals surface area contributed by atoms with Crippen LogP contribution >= 0.6 is 0 Å². The Balaban J connectivity index is 0.000000267. The normalized spacial score (nSPS) is 9.61. The zero-order valence-corrected chi connectivity index (χ0v) is 9.91. The number of nitrogens with zero attached hydrogens (tertiary/aromatic N) is 2. The fourth-order valence-corrected chi connectivity index (χ4v) is 1.57. The van der Waals surface area contributed by atoms with Crippen molar-refractivity contribution < 1.29 is 9.53 Å². The van der Waals surface area contributed by atoms with Gasteiger partial charge in [-0.2, -0.15) is 0 Å². The number of aromatic nitrogens is 2. The second kappa shape index (κ2) is 5.72. The van der Waals surface area contributed by atoms with Gasteiger partial charge in [-0.05, 0) is 24.3 Å². The lowest BCUT2D eigenvalue weighted by Crippen LogP contribution is -1.85. The predicted molar refractivity (Wildman–Crippen MR) is 70.1 cm³/mol. The van der Waals surface area contributed by atoms with Crippen LogP contribution in [0.4, 0.5) is 0 Å². The highest BCUT2D eigenvalue weighted by atomic mass is 16.5. The molecule has 0 bridgehead atoms. The van der Waals surface area contributed by atoms with E-state index in [4.69, 9.17) is 4.79 Å². The van der Waals surface area contributed by atoms with Gasteiger partial charge in [0, 0.05) is 0 Å². The molecular weight excluding hydrogens is 228 g/mol. The van der Waals surface area contributed by atoms with Crippen LogP contribution in [0.1, 0.15) is 0 Å². The molecule has 0 unspecified atom stereocenters. The van der Waals surface area contributed by atoms with Crippen LogP contribution in [0, 0.1) is 0 Å². The smallest absolute Gasteiger partial charge is 0.292 e. The third kappa shape index (κ3) is 2.60. The van der Waals surface area contributed by atoms with Crippen molar-refractivity contribution in [1.29, 1.82) is 0 Å². The molecule has 4 heteroatoms. The van der Waals surface area contributed by atoms with Gasteiger partial charge in [0.15, 0.2) is 0 Å². The summed E-state index contributed by atoms with van der Waals surface area (Å²) in [5, 5.41) is 0. The van der Waals surface area contributed by atoms with Gasteiger partial charge in [-0.15, -0.1) is 0 Å². The van der Waals surface area contributed by atoms with Crippen molar-refractivity contribution >= 4 is 28.5 Å². The molecule has 0 saturated carbocycles. The first kappa shape index (κ1) is 12.0. The van der Waals surface area contributed by atoms with E-state index in [1.54, 1.807) is 0 Å². The highest BCUT2D eigenvalue weighted by Gasteiger charge is 1.98. The first-order valence-corrected chi connectivity index (χ1v) is 5.43. The van der Waals surface area contributed by atoms with E-state index in [1.165, 1.54) is 7.11 Å². The van der Waals surface area contributed by atoms with Crippen LogP contribution in [-0.2, 0) is 9.53 Å². The molecule has 0 spiro atoms. The summed E-state index contributed by atoms with van der Waals surface area (Å²) in [6, 6.07) is 15.8. The van der Waals surface area contributed by atoms with E-state index >= 15 is 0 Å². The van der Waals surface area contributed by atoms with Gasteiger partial charge < -0.3 is 4.74 Å². The number of carbonyl (C=O) groups is 1. The number of para-hydroxylation sites is 4. The number of hydrogen-bond acceptors (Lipinski definition) is 4. The maximum absolute atomic E-state index is 8.95. The molecule has 0 aliphatic rings. The number of methoxy groups -OCH3 is 1. The molecule has 2 aromatic carbocycles. The molecule has 0 amide bonds. The van der Waals surface area contributed by atoms with Crippen LogP contribution in [0.25, 0.3) is 22.1 Å². The summed E-state index contributed by atoms with van der Waals surface area (Å²) in [7, 11) is 1.31. The van der Waals surface area contributed by atoms with E-state index in [9.17, 15) is 0 Å². The summed E-state index contributed by atoms with van der Waals surface area (Å²) < 4.78 is 3.86. The van der Waals surface area contributed by atoms with Gasteiger partial charge in [-0.1, -0.05) is 24.3 Å². The van der Waals surface area contributed by atoms with E-state index in [2.05, 4.69) is 14.7 Å². The molecular formula is C14H12N2O2. The van der Waals surface area contributed by atoms with Crippen molar-refractivity contribution in [2.24, 2.45) is 0 Å². The van der Waals surface area contributed by atoms with Crippen LogP contribution in [0.15, 0.2) is 48.5 Å². The predicted octanol–water partition coefficient (Wildman–Crippen LogP) is 2.57. The minimum atomic E-state index is 0.375. The average molecular weight is 240 g/mol. The van der Waals surface area contributed by atoms with Crippen LogP contribution in [0.5, 0.6) is 0 Å². The monoisotopic (exact) mass is 240 g/mol. The van der Waals surface area contributed by atoms with Gasteiger partial charge in [-0.3, -0.25) is 4.79 Å². The highest BCUT2D eigenvalue weighted by molar-refractivity contribution is 5.85. The first-order chi connectivity index (χ1) is 8.85. The Morgan fingerprint density at radius 1 is 0.833 bits per heavy atom. The number of rotatable bonds is 1. The lowest BCUT2D eigenvalue weighted by Gasteiger charge is -1.98. The number of fused-ring (bicyclic) bond motifs is 2. The molecule has 0 N–H and O–H groups in total. The second-order valence-corrected chi connectivity index (χ2v) is 3.53. The Morgan fingerprint density at radius 2 is 1.11 bits per heavy atom. The zero-order valence-electron chi connectivity index (χ0n) is 9.91. The Labute approximate surface area is 104 Å². The van der Waals surface area contributed by atoms with E-state index in [-0.39, 0.29) is 0 Å². The van der Waals surface area contributed by atoms with E-state index in [0.29, 0.717) is 6.47 Å². The largest absolute Gasteiger partial charge is 0.471 e. The topological polar surface area (TPSA) is 52.1 Å². The summed E-state index contributed by atoms with van der Waals surface area (Å²) in [6.45, 7) is 0.375. The van der Waals surface area contributed by atoms with Crippen molar-refractivity contribution in [1.82, 2.24) is 9.97 Å². The number of benzene rings is 2. The SMILES string of the molecule is COC=O.c1ccc2nc3ccccc3nc2c1. The number of ether oxygens (including phenoxy) is 1. The van der Waals surface area contributed by atoms with Crippen LogP contribution in [0.3, 0.4) is 0 Å². The minimum Gasteiger partial charge on any atom is -0.471 e. The average Bonchev–Trinajstić information content (AvgIpc) is 2.45. The minimum absolute atomic E-state index is 0.375. The lowest BCUT2D eigenvalue weighted by molar-refractivity contribution is -0.126. The molecule has 1 aromatic heterocycles. The summed E-state index contributed by atoms with van der Waals surface area (Å²) in [5.41, 5.74) is 3.80. The molecule has 4 nitrogen and oxygen atoms in total. The Morgan fingerprint density at radius 3 is 1.33 bits per heavy atom. The fourth-order valence-electron chi connectivity index (χ4n) is 1.57. The van der Waals surface area contributed by atoms with Crippen molar-refractivity contribution in [2.75, 3.05) is 7.11 Å². The third-order valence-corrected chi connectivity index (χ3v) is 2.34. The van der Waals surface area contributed by atoms with Gasteiger partial charge in [0.1, 0.15) is 0 Å². The van der Waals surface area contributed by atoms with E-state index in [1.807, 2.05) is 48.5 Å². The maximum Gasteiger partial charge on any atom is 0.292 e. The number of hydrogen-bond donors (Lipinski definition) is 0. The quantitative estimate of drug-likeness (QED) is 0.484. The molecule has 0 atom stereocenters.